The van der Waals surface area contributed by atoms with Gasteiger partial charge < -0.3 is 4.57 Å². The first-order valence-corrected chi connectivity index (χ1v) is 16.6. The molecule has 0 amide bonds. The summed E-state index contributed by atoms with van der Waals surface area (Å²) in [5.74, 6) is 0. The van der Waals surface area contributed by atoms with Crippen LogP contribution in [0.15, 0.2) is 157 Å². The fourth-order valence-electron chi connectivity index (χ4n) is 8.68. The lowest BCUT2D eigenvalue weighted by Crippen LogP contribution is -2.33. The van der Waals surface area contributed by atoms with Gasteiger partial charge in [-0.1, -0.05) is 103 Å². The number of allylic oxidation sites excluding steroid dienone is 6. The Balaban J connectivity index is 1.34. The molecule has 226 valence electrons. The van der Waals surface area contributed by atoms with Crippen LogP contribution in [0.5, 0.6) is 0 Å². The van der Waals surface area contributed by atoms with E-state index in [0.29, 0.717) is 11.1 Å². The van der Waals surface area contributed by atoms with Crippen LogP contribution in [0.3, 0.4) is 0 Å². The van der Waals surface area contributed by atoms with Crippen LogP contribution in [0.25, 0.3) is 49.8 Å². The minimum absolute atomic E-state index is 0.579. The maximum absolute atomic E-state index is 9.67. The van der Waals surface area contributed by atoms with Gasteiger partial charge in [-0.05, 0) is 111 Å². The molecule has 0 bridgehead atoms. The summed E-state index contributed by atoms with van der Waals surface area (Å²) >= 11 is 0. The Morgan fingerprint density at radius 1 is 0.571 bits per heavy atom. The molecule has 2 heterocycles. The molecule has 1 atom stereocenters. The van der Waals surface area contributed by atoms with Crippen molar-refractivity contribution in [1.29, 1.82) is 10.5 Å². The molecule has 0 saturated carbocycles. The van der Waals surface area contributed by atoms with Gasteiger partial charge in [0.2, 0.25) is 0 Å². The molecule has 0 fully saturated rings. The van der Waals surface area contributed by atoms with Crippen molar-refractivity contribution in [2.45, 2.75) is 11.8 Å². The molecule has 10 rings (SSSR count). The average Bonchev–Trinajstić information content (AvgIpc) is 3.52. The van der Waals surface area contributed by atoms with Crippen molar-refractivity contribution in [3.63, 3.8) is 0 Å². The Bertz CT molecular complexity index is 2760. The fourth-order valence-corrected chi connectivity index (χ4v) is 8.68. The summed E-state index contributed by atoms with van der Waals surface area (Å²) in [6.45, 7) is 0. The molecule has 7 aromatic rings. The Morgan fingerprint density at radius 2 is 1.31 bits per heavy atom. The molecular weight excluding hydrogens is 595 g/mol. The highest BCUT2D eigenvalue weighted by atomic mass is 15.0. The van der Waals surface area contributed by atoms with Crippen LogP contribution in [0.4, 0.5) is 0 Å². The van der Waals surface area contributed by atoms with Crippen LogP contribution in [0.1, 0.15) is 45.4 Å². The summed E-state index contributed by atoms with van der Waals surface area (Å²) in [7, 11) is 0. The highest BCUT2D eigenvalue weighted by Gasteiger charge is 2.52. The molecule has 3 heteroatoms. The van der Waals surface area contributed by atoms with E-state index in [9.17, 15) is 10.5 Å². The van der Waals surface area contributed by atoms with Crippen molar-refractivity contribution < 1.29 is 0 Å². The lowest BCUT2D eigenvalue weighted by Gasteiger charge is -2.40. The van der Waals surface area contributed by atoms with Crippen molar-refractivity contribution in [3.05, 3.63) is 196 Å². The number of rotatable bonds is 2. The molecule has 2 aliphatic carbocycles. The van der Waals surface area contributed by atoms with Crippen molar-refractivity contribution in [2.24, 2.45) is 0 Å². The topological polar surface area (TPSA) is 52.5 Å². The first-order chi connectivity index (χ1) is 24.2. The van der Waals surface area contributed by atoms with Gasteiger partial charge in [-0.25, -0.2) is 0 Å². The van der Waals surface area contributed by atoms with E-state index < -0.39 is 5.41 Å². The van der Waals surface area contributed by atoms with Gasteiger partial charge in [0.05, 0.1) is 45.4 Å². The maximum Gasteiger partial charge on any atom is 0.0991 e. The summed E-state index contributed by atoms with van der Waals surface area (Å²) in [5, 5.41) is 21.7. The van der Waals surface area contributed by atoms with Gasteiger partial charge >= 0.3 is 0 Å². The minimum atomic E-state index is -0.579. The standard InChI is InChI=1S/C46H27N3/c47-27-29-18-20-31(21-19-29)33-10-6-12-35-38-25-34(32-9-5-8-30(24-32)28-48)22-23-39(38)46(42(35)26-33)40-14-2-4-17-44(40)49-43-16-3-1-11-36(43)37-13-7-15-41(46)45(37)49/h1-5,7-26H,6H2. The third kappa shape index (κ3) is 3.65. The third-order valence-corrected chi connectivity index (χ3v) is 10.7. The summed E-state index contributed by atoms with van der Waals surface area (Å²) in [6.07, 6.45) is 7.88. The predicted octanol–water partition coefficient (Wildman–Crippen LogP) is 10.7. The van der Waals surface area contributed by atoms with Crippen LogP contribution >= 0.6 is 0 Å². The zero-order valence-corrected chi connectivity index (χ0v) is 26.5. The normalized spacial score (nSPS) is 16.9. The van der Waals surface area contributed by atoms with Gasteiger partial charge in [-0.3, -0.25) is 0 Å². The Kier molecular flexibility index (Phi) is 5.69. The van der Waals surface area contributed by atoms with E-state index in [1.54, 1.807) is 0 Å². The summed E-state index contributed by atoms with van der Waals surface area (Å²) < 4.78 is 2.47. The molecule has 6 aromatic carbocycles. The van der Waals surface area contributed by atoms with E-state index in [4.69, 9.17) is 0 Å². The number of nitrogens with zero attached hydrogens (tertiary/aromatic N) is 3. The molecule has 1 unspecified atom stereocenters. The summed E-state index contributed by atoms with van der Waals surface area (Å²) in [4.78, 5) is 0. The second kappa shape index (κ2) is 10.2. The van der Waals surface area contributed by atoms with Crippen molar-refractivity contribution in [2.75, 3.05) is 0 Å². The van der Waals surface area contributed by atoms with E-state index in [0.717, 1.165) is 28.7 Å². The van der Waals surface area contributed by atoms with E-state index in [1.165, 1.54) is 60.9 Å². The van der Waals surface area contributed by atoms with Gasteiger partial charge in [-0.15, -0.1) is 0 Å². The minimum Gasteiger partial charge on any atom is -0.309 e. The van der Waals surface area contributed by atoms with Crippen molar-refractivity contribution >= 4 is 33.0 Å². The van der Waals surface area contributed by atoms with Gasteiger partial charge in [0.25, 0.3) is 0 Å². The van der Waals surface area contributed by atoms with E-state index in [1.807, 2.05) is 30.3 Å². The van der Waals surface area contributed by atoms with Crippen molar-refractivity contribution in [1.82, 2.24) is 4.57 Å². The molecule has 3 aliphatic rings. The number of benzene rings is 6. The second-order valence-electron chi connectivity index (χ2n) is 13.0. The first kappa shape index (κ1) is 27.4. The lowest BCUT2D eigenvalue weighted by molar-refractivity contribution is 0.749. The Morgan fingerprint density at radius 3 is 2.18 bits per heavy atom. The van der Waals surface area contributed by atoms with E-state index >= 15 is 0 Å². The fraction of sp³-hybridized carbons (Fsp3) is 0.0435. The first-order valence-electron chi connectivity index (χ1n) is 16.6. The molecular formula is C46H27N3. The number of hydrogen-bond donors (Lipinski definition) is 0. The zero-order valence-electron chi connectivity index (χ0n) is 26.5. The molecule has 1 aromatic heterocycles. The van der Waals surface area contributed by atoms with Crippen molar-refractivity contribution in [3.8, 4) is 29.0 Å². The molecule has 1 spiro atoms. The number of aromatic nitrogens is 1. The van der Waals surface area contributed by atoms with Crippen LogP contribution < -0.4 is 0 Å². The molecule has 0 radical (unpaired) electrons. The SMILES string of the molecule is N#Cc1ccc(C2=CCC=C3C(=C2)C2(c4ccc(-c5cccc(C#N)c5)cc43)c3ccccc3-n3c4ccccc4c4cccc2c43)cc1. The van der Waals surface area contributed by atoms with Gasteiger partial charge in [-0.2, -0.15) is 10.5 Å². The summed E-state index contributed by atoms with van der Waals surface area (Å²) in [6, 6.07) is 51.8. The van der Waals surface area contributed by atoms with E-state index in [2.05, 4.69) is 138 Å². The molecule has 0 saturated heterocycles. The zero-order chi connectivity index (χ0) is 32.7. The third-order valence-electron chi connectivity index (χ3n) is 10.7. The molecule has 0 N–H and O–H groups in total. The number of nitriles is 2. The number of para-hydroxylation sites is 3. The number of hydrogen-bond acceptors (Lipinski definition) is 2. The molecule has 49 heavy (non-hydrogen) atoms. The quantitative estimate of drug-likeness (QED) is 0.193. The molecule has 1 aliphatic heterocycles. The van der Waals surface area contributed by atoms with Gasteiger partial charge in [0.1, 0.15) is 0 Å². The summed E-state index contributed by atoms with van der Waals surface area (Å²) in [5.41, 5.74) is 16.3. The van der Waals surface area contributed by atoms with Gasteiger partial charge in [0, 0.05) is 10.8 Å². The monoisotopic (exact) mass is 621 g/mol. The Hall–Kier alpha value is -6.68. The van der Waals surface area contributed by atoms with Gasteiger partial charge in [0.15, 0.2) is 0 Å². The Labute approximate surface area is 284 Å². The van der Waals surface area contributed by atoms with Crippen LogP contribution in [0.2, 0.25) is 0 Å². The lowest BCUT2D eigenvalue weighted by atomic mass is 9.65. The van der Waals surface area contributed by atoms with Crippen LogP contribution in [-0.4, -0.2) is 4.57 Å². The smallest absolute Gasteiger partial charge is 0.0991 e. The molecule has 3 nitrogen and oxygen atoms in total. The second-order valence-corrected chi connectivity index (χ2v) is 13.0. The highest BCUT2D eigenvalue weighted by molar-refractivity contribution is 6.13. The highest BCUT2D eigenvalue weighted by Crippen LogP contribution is 2.63. The maximum atomic E-state index is 9.67. The van der Waals surface area contributed by atoms with E-state index in [-0.39, 0.29) is 0 Å². The number of fused-ring (bicyclic) bond motifs is 12. The average molecular weight is 622 g/mol. The van der Waals surface area contributed by atoms with Crippen LogP contribution in [-0.2, 0) is 5.41 Å². The van der Waals surface area contributed by atoms with Crippen LogP contribution in [0, 0.1) is 22.7 Å². The predicted molar refractivity (Wildman–Crippen MR) is 197 cm³/mol. The largest absolute Gasteiger partial charge is 0.309 e.